The van der Waals surface area contributed by atoms with Gasteiger partial charge < -0.3 is 9.47 Å². The van der Waals surface area contributed by atoms with Crippen molar-refractivity contribution in [2.24, 2.45) is 11.6 Å². The Morgan fingerprint density at radius 2 is 2.00 bits per heavy atom. The van der Waals surface area contributed by atoms with Gasteiger partial charge >= 0.3 is 0 Å². The van der Waals surface area contributed by atoms with Crippen LogP contribution >= 0.6 is 0 Å². The van der Waals surface area contributed by atoms with Gasteiger partial charge in [-0.1, -0.05) is 0 Å². The highest BCUT2D eigenvalue weighted by Crippen LogP contribution is 2.24. The normalized spacial score (nSPS) is 19.8. The monoisotopic (exact) mass is 207 g/mol. The molecule has 5 nitrogen and oxygen atoms in total. The summed E-state index contributed by atoms with van der Waals surface area (Å²) in [5, 5.41) is 1.38. The van der Waals surface area contributed by atoms with Gasteiger partial charge in [-0.15, -0.1) is 0 Å². The molecular formula is C10H13N3O2. The topological polar surface area (TPSA) is 73.7 Å². The van der Waals surface area contributed by atoms with Crippen LogP contribution < -0.4 is 16.3 Å². The predicted octanol–water partition coefficient (Wildman–Crippen LogP) is 0.442. The van der Waals surface area contributed by atoms with Crippen molar-refractivity contribution < 1.29 is 9.47 Å². The Morgan fingerprint density at radius 3 is 2.47 bits per heavy atom. The molecule has 0 fully saturated rings. The Morgan fingerprint density at radius 1 is 1.33 bits per heavy atom. The molecule has 1 unspecified atom stereocenters. The number of hydrogen-bond acceptors (Lipinski definition) is 5. The number of hydrazine groups is 1. The maximum atomic E-state index is 5.71. The second-order valence-electron chi connectivity index (χ2n) is 3.17. The van der Waals surface area contributed by atoms with Crippen molar-refractivity contribution in [1.29, 1.82) is 0 Å². The lowest BCUT2D eigenvalue weighted by Crippen LogP contribution is -2.42. The summed E-state index contributed by atoms with van der Waals surface area (Å²) in [6.07, 6.45) is 0.939. The first-order valence-electron chi connectivity index (χ1n) is 4.52. The minimum Gasteiger partial charge on any atom is -0.497 e. The summed E-state index contributed by atoms with van der Waals surface area (Å²) in [5.74, 6) is 6.51. The number of methoxy groups -OCH3 is 1. The maximum Gasteiger partial charge on any atom is 0.240 e. The molecule has 0 saturated heterocycles. The zero-order valence-corrected chi connectivity index (χ0v) is 8.38. The Hall–Kier alpha value is -1.72. The molecular weight excluding hydrogens is 194 g/mol. The van der Waals surface area contributed by atoms with E-state index in [4.69, 9.17) is 21.1 Å². The van der Waals surface area contributed by atoms with Crippen LogP contribution in [0.25, 0.3) is 5.70 Å². The molecule has 0 bridgehead atoms. The molecule has 1 aromatic rings. The Kier molecular flexibility index (Phi) is 2.49. The van der Waals surface area contributed by atoms with E-state index in [1.807, 2.05) is 24.3 Å². The fourth-order valence-electron chi connectivity index (χ4n) is 1.38. The smallest absolute Gasteiger partial charge is 0.240 e. The minimum absolute atomic E-state index is 0.609. The molecule has 0 spiro atoms. The molecule has 0 amide bonds. The fourth-order valence-corrected chi connectivity index (χ4v) is 1.38. The van der Waals surface area contributed by atoms with Crippen LogP contribution in [0.5, 0.6) is 5.75 Å². The molecule has 0 aromatic heterocycles. The molecule has 2 rings (SSSR count). The second kappa shape index (κ2) is 3.80. The minimum atomic E-state index is -0.609. The lowest BCUT2D eigenvalue weighted by atomic mass is 10.1. The number of rotatable bonds is 2. The van der Waals surface area contributed by atoms with Crippen molar-refractivity contribution in [2.75, 3.05) is 7.11 Å². The van der Waals surface area contributed by atoms with E-state index in [1.54, 1.807) is 13.4 Å². The summed E-state index contributed by atoms with van der Waals surface area (Å²) in [7, 11) is 1.62. The van der Waals surface area contributed by atoms with E-state index < -0.39 is 6.35 Å². The largest absolute Gasteiger partial charge is 0.497 e. The number of nitrogens with zero attached hydrogens (tertiary/aromatic N) is 1. The van der Waals surface area contributed by atoms with Crippen LogP contribution in [0.1, 0.15) is 5.56 Å². The molecule has 0 radical (unpaired) electrons. The summed E-state index contributed by atoms with van der Waals surface area (Å²) >= 11 is 0. The quantitative estimate of drug-likeness (QED) is 0.688. The highest BCUT2D eigenvalue weighted by atomic mass is 16.5. The average molecular weight is 207 g/mol. The fraction of sp³-hybridized carbons (Fsp3) is 0.200. The Labute approximate surface area is 87.8 Å². The summed E-state index contributed by atoms with van der Waals surface area (Å²) in [6, 6.07) is 7.50. The molecule has 1 heterocycles. The van der Waals surface area contributed by atoms with Crippen LogP contribution in [0.2, 0.25) is 0 Å². The van der Waals surface area contributed by atoms with Gasteiger partial charge in [-0.2, -0.15) is 0 Å². The van der Waals surface area contributed by atoms with E-state index in [2.05, 4.69) is 0 Å². The zero-order chi connectivity index (χ0) is 10.8. The SMILES string of the molecule is COc1ccc(C2=COC(N)N2N)cc1. The van der Waals surface area contributed by atoms with Gasteiger partial charge in [0.25, 0.3) is 0 Å². The predicted molar refractivity (Wildman–Crippen MR) is 56.1 cm³/mol. The maximum absolute atomic E-state index is 5.71. The standard InChI is InChI=1S/C10H13N3O2/c1-14-8-4-2-7(3-5-8)9-6-15-10(11)13(9)12/h2-6,10H,11-12H2,1H3. The van der Waals surface area contributed by atoms with Gasteiger partial charge in [0.2, 0.25) is 6.35 Å². The van der Waals surface area contributed by atoms with Gasteiger partial charge in [0.05, 0.1) is 12.8 Å². The van der Waals surface area contributed by atoms with Crippen LogP contribution in [0, 0.1) is 0 Å². The number of benzene rings is 1. The molecule has 15 heavy (non-hydrogen) atoms. The van der Waals surface area contributed by atoms with E-state index in [0.29, 0.717) is 0 Å². The van der Waals surface area contributed by atoms with E-state index in [9.17, 15) is 0 Å². The van der Waals surface area contributed by atoms with Gasteiger partial charge in [0.15, 0.2) is 0 Å². The van der Waals surface area contributed by atoms with Crippen molar-refractivity contribution in [3.05, 3.63) is 36.1 Å². The average Bonchev–Trinajstić information content (AvgIpc) is 2.60. The van der Waals surface area contributed by atoms with Crippen LogP contribution in [0.15, 0.2) is 30.5 Å². The van der Waals surface area contributed by atoms with E-state index >= 15 is 0 Å². The highest BCUT2D eigenvalue weighted by Gasteiger charge is 2.22. The Bertz CT molecular complexity index is 375. The van der Waals surface area contributed by atoms with Gasteiger partial charge in [-0.25, -0.2) is 5.84 Å². The summed E-state index contributed by atoms with van der Waals surface area (Å²) in [4.78, 5) is 0. The van der Waals surface area contributed by atoms with Gasteiger partial charge in [0, 0.05) is 5.56 Å². The third-order valence-corrected chi connectivity index (χ3v) is 2.26. The van der Waals surface area contributed by atoms with E-state index in [-0.39, 0.29) is 0 Å². The van der Waals surface area contributed by atoms with Crippen molar-refractivity contribution in [2.45, 2.75) is 6.35 Å². The lowest BCUT2D eigenvalue weighted by molar-refractivity contribution is 0.0672. The molecule has 1 aromatic carbocycles. The summed E-state index contributed by atoms with van der Waals surface area (Å²) in [5.41, 5.74) is 7.26. The number of nitrogens with two attached hydrogens (primary N) is 2. The highest BCUT2D eigenvalue weighted by molar-refractivity contribution is 5.64. The Balaban J connectivity index is 2.23. The van der Waals surface area contributed by atoms with Crippen LogP contribution in [-0.4, -0.2) is 18.5 Å². The number of hydrogen-bond donors (Lipinski definition) is 2. The van der Waals surface area contributed by atoms with Crippen molar-refractivity contribution in [1.82, 2.24) is 5.01 Å². The molecule has 80 valence electrons. The first-order valence-corrected chi connectivity index (χ1v) is 4.52. The molecule has 1 aliphatic heterocycles. The molecule has 5 heteroatoms. The van der Waals surface area contributed by atoms with E-state index in [1.165, 1.54) is 5.01 Å². The van der Waals surface area contributed by atoms with Crippen molar-refractivity contribution in [3.8, 4) is 5.75 Å². The third kappa shape index (κ3) is 1.74. The molecule has 1 atom stereocenters. The zero-order valence-electron chi connectivity index (χ0n) is 8.38. The van der Waals surface area contributed by atoms with Crippen LogP contribution in [-0.2, 0) is 4.74 Å². The van der Waals surface area contributed by atoms with Gasteiger partial charge in [0.1, 0.15) is 12.0 Å². The van der Waals surface area contributed by atoms with Crippen molar-refractivity contribution >= 4 is 5.70 Å². The van der Waals surface area contributed by atoms with Crippen LogP contribution in [0.3, 0.4) is 0 Å². The number of ether oxygens (including phenoxy) is 2. The summed E-state index contributed by atoms with van der Waals surface area (Å²) in [6.45, 7) is 0. The first-order chi connectivity index (χ1) is 7.22. The van der Waals surface area contributed by atoms with E-state index in [0.717, 1.165) is 17.0 Å². The van der Waals surface area contributed by atoms with Crippen molar-refractivity contribution in [3.63, 3.8) is 0 Å². The molecule has 0 aliphatic carbocycles. The first kappa shape index (κ1) is 9.82. The third-order valence-electron chi connectivity index (χ3n) is 2.26. The van der Waals surface area contributed by atoms with Gasteiger partial charge in [-0.05, 0) is 24.3 Å². The summed E-state index contributed by atoms with van der Waals surface area (Å²) < 4.78 is 10.1. The molecule has 4 N–H and O–H groups in total. The molecule has 0 saturated carbocycles. The van der Waals surface area contributed by atoms with Gasteiger partial charge in [-0.3, -0.25) is 10.7 Å². The second-order valence-corrected chi connectivity index (χ2v) is 3.17. The lowest BCUT2D eigenvalue weighted by Gasteiger charge is -2.18. The van der Waals surface area contributed by atoms with Crippen LogP contribution in [0.4, 0.5) is 0 Å². The molecule has 1 aliphatic rings.